The Morgan fingerprint density at radius 2 is 0.576 bits per heavy atom. The second-order valence-corrected chi connectivity index (χ2v) is 46.3. The second kappa shape index (κ2) is 29.5. The molecule has 22 rings (SSSR count). The third-order valence-corrected chi connectivity index (χ3v) is 29.6. The first-order valence-electron chi connectivity index (χ1n) is 47.9. The summed E-state index contributed by atoms with van der Waals surface area (Å²) in [5.74, 6) is 0. The smallest absolute Gasteiger partial charge is 0.252 e. The minimum absolute atomic E-state index is 0.0383. The number of anilines is 12. The van der Waals surface area contributed by atoms with Gasteiger partial charge in [-0.25, -0.2) is 0 Å². The Labute approximate surface area is 781 Å². The van der Waals surface area contributed by atoms with Crippen molar-refractivity contribution in [2.75, 3.05) is 19.6 Å². The molecule has 6 nitrogen and oxygen atoms in total. The molecule has 0 aliphatic carbocycles. The molecular weight excluding hydrogens is 1600 g/mol. The van der Waals surface area contributed by atoms with Crippen LogP contribution in [0.2, 0.25) is 0 Å². The second-order valence-electron chi connectivity index (χ2n) is 46.3. The van der Waals surface area contributed by atoms with Crippen LogP contribution in [0.1, 0.15) is 209 Å². The molecule has 0 radical (unpaired) electrons. The van der Waals surface area contributed by atoms with Gasteiger partial charge in [-0.2, -0.15) is 0 Å². The maximum Gasteiger partial charge on any atom is 0.252 e. The molecule has 6 heterocycles. The highest BCUT2D eigenvalue weighted by Crippen LogP contribution is 2.55. The number of hydrogen-bond donors (Lipinski definition) is 0. The van der Waals surface area contributed by atoms with E-state index in [9.17, 15) is 0 Å². The van der Waals surface area contributed by atoms with Crippen LogP contribution in [0.15, 0.2) is 306 Å². The largest absolute Gasteiger partial charge is 0.455 e. The van der Waals surface area contributed by atoms with Crippen LogP contribution in [-0.2, 0) is 49.7 Å². The van der Waals surface area contributed by atoms with Crippen molar-refractivity contribution in [3.8, 4) is 22.3 Å². The first-order chi connectivity index (χ1) is 62.6. The van der Waals surface area contributed by atoms with Crippen molar-refractivity contribution < 1.29 is 8.83 Å². The number of benzene rings is 16. The van der Waals surface area contributed by atoms with Crippen LogP contribution in [-0.4, -0.2) is 13.4 Å². The third kappa shape index (κ3) is 13.6. The van der Waals surface area contributed by atoms with Crippen LogP contribution < -0.4 is 52.4 Å². The number of fused-ring (bicyclic) bond motifs is 16. The summed E-state index contributed by atoms with van der Waals surface area (Å²) in [5, 5.41) is 9.51. The summed E-state index contributed by atoms with van der Waals surface area (Å²) in [5.41, 5.74) is 40.8. The van der Waals surface area contributed by atoms with E-state index >= 15 is 0 Å². The summed E-state index contributed by atoms with van der Waals surface area (Å²) in [4.78, 5) is 10.5. The van der Waals surface area contributed by atoms with Crippen LogP contribution in [0.25, 0.3) is 87.7 Å². The monoisotopic (exact) mass is 1720 g/mol. The van der Waals surface area contributed by atoms with Gasteiger partial charge in [0.1, 0.15) is 22.3 Å². The van der Waals surface area contributed by atoms with Crippen LogP contribution in [0.4, 0.5) is 68.2 Å². The van der Waals surface area contributed by atoms with Gasteiger partial charge in [-0.15, -0.1) is 0 Å². The van der Waals surface area contributed by atoms with E-state index in [1.807, 2.05) is 0 Å². The molecule has 0 fully saturated rings. The lowest BCUT2D eigenvalue weighted by molar-refractivity contribution is 0.527. The first kappa shape index (κ1) is 84.5. The Balaban J connectivity index is 0.634. The maximum atomic E-state index is 7.15. The molecule has 654 valence electrons. The minimum Gasteiger partial charge on any atom is -0.455 e. The average Bonchev–Trinajstić information content (AvgIpc) is 0.987. The fourth-order valence-corrected chi connectivity index (χ4v) is 22.3. The standard InChI is InChI=1S/C124H120B2N4O2/c1-117(2,3)77-49-59-103-99(65-77)126-98-58-48-80(120(10,11)12)68-106(98)130(102-61-55-95(123(19,20)21)87-32-24-26-34-89(87)102)110-72-81(121(13,14)15)69-107(113(110)126)127(103)83-51-43-76(44-52-83)86-38-31-40-93-94-64-74(42-63-112(94)132-116(86)93)73-124(22,23)96-56-62-101(90-35-27-25-33-88(90)96)129-104-60-50-78(118(4,5)6)66-100(104)125-97-57-47-79(119(7,8)9)67-105(97)128(108-70-82(122(16,17)18)71-109(129)114(108)125)84-53-45-75(46-54-84)85-37-30-39-92-91-36-28-29-41-111(91)131-115(85)92/h24-72H,73H2,1-23H3. The SMILES string of the molecule is CC(C)(C)c1ccc2c(c1)B1c3ccc(C(C)(C)C)cc3N(c3ccc(C(C)(C)C)c4ccccc34)c3cc(C(C)(C)C)cc(c31)N2c1ccc(-c2cccc3c2oc2ccc(CC(C)(C)c4ccc(N5c6ccc(C(C)(C)C)cc6B6c7ccc(C(C)(C)C)cc7N(c7ccc(-c8cccc9c8oc8ccccc89)cc7)c7cc(C(C)(C)C)cc5c76)c5ccccc45)cc23)cc1. The molecular formula is C124H120B2N4O2. The molecule has 4 aliphatic heterocycles. The summed E-state index contributed by atoms with van der Waals surface area (Å²) in [6.07, 6.45) is 0.803. The summed E-state index contributed by atoms with van der Waals surface area (Å²) in [7, 11) is 0. The molecule has 0 spiro atoms. The van der Waals surface area contributed by atoms with Gasteiger partial charge in [0.2, 0.25) is 0 Å². The first-order valence-corrected chi connectivity index (χ1v) is 47.9. The molecule has 0 N–H and O–H groups in total. The lowest BCUT2D eigenvalue weighted by Crippen LogP contribution is -2.61. The highest BCUT2D eigenvalue weighted by Gasteiger charge is 2.49. The van der Waals surface area contributed by atoms with Gasteiger partial charge in [0, 0.05) is 100 Å². The number of rotatable bonds is 9. The van der Waals surface area contributed by atoms with Crippen molar-refractivity contribution in [3.63, 3.8) is 0 Å². The Morgan fingerprint density at radius 1 is 0.227 bits per heavy atom. The highest BCUT2D eigenvalue weighted by atomic mass is 16.3. The molecule has 0 atom stereocenters. The lowest BCUT2D eigenvalue weighted by Gasteiger charge is -2.46. The fourth-order valence-electron chi connectivity index (χ4n) is 22.3. The molecule has 0 bridgehead atoms. The molecule has 8 heteroatoms. The van der Waals surface area contributed by atoms with Gasteiger partial charge in [-0.05, 0) is 258 Å². The molecule has 0 saturated heterocycles. The summed E-state index contributed by atoms with van der Waals surface area (Å²) < 4.78 is 13.8. The lowest BCUT2D eigenvalue weighted by atomic mass is 9.33. The minimum atomic E-state index is -0.314. The summed E-state index contributed by atoms with van der Waals surface area (Å²) in [6, 6.07) is 115. The van der Waals surface area contributed by atoms with E-state index in [0.717, 1.165) is 89.6 Å². The predicted molar refractivity (Wildman–Crippen MR) is 569 cm³/mol. The van der Waals surface area contributed by atoms with Crippen LogP contribution >= 0.6 is 0 Å². The third-order valence-electron chi connectivity index (χ3n) is 29.6. The van der Waals surface area contributed by atoms with Gasteiger partial charge < -0.3 is 28.4 Å². The zero-order valence-corrected chi connectivity index (χ0v) is 81.3. The number of para-hydroxylation sites is 3. The van der Waals surface area contributed by atoms with E-state index < -0.39 is 0 Å². The van der Waals surface area contributed by atoms with Crippen LogP contribution in [0, 0.1) is 0 Å². The quantitative estimate of drug-likeness (QED) is 0.134. The van der Waals surface area contributed by atoms with Gasteiger partial charge in [0.15, 0.2) is 0 Å². The van der Waals surface area contributed by atoms with Gasteiger partial charge >= 0.3 is 0 Å². The van der Waals surface area contributed by atoms with Crippen molar-refractivity contribution in [2.24, 2.45) is 0 Å². The topological polar surface area (TPSA) is 39.2 Å². The van der Waals surface area contributed by atoms with E-state index in [1.54, 1.807) is 0 Å². The molecule has 0 saturated carbocycles. The van der Waals surface area contributed by atoms with E-state index in [1.165, 1.54) is 156 Å². The van der Waals surface area contributed by atoms with Crippen LogP contribution in [0.3, 0.4) is 0 Å². The summed E-state index contributed by atoms with van der Waals surface area (Å²) in [6.45, 7) is 54.3. The zero-order chi connectivity index (χ0) is 92.1. The number of hydrogen-bond acceptors (Lipinski definition) is 6. The fraction of sp³-hybridized carbons (Fsp3) is 0.258. The van der Waals surface area contributed by atoms with Crippen molar-refractivity contribution in [2.45, 2.75) is 209 Å². The number of nitrogens with zero attached hydrogens (tertiary/aromatic N) is 4. The molecule has 16 aromatic carbocycles. The molecule has 0 amide bonds. The Morgan fingerprint density at radius 3 is 1.04 bits per heavy atom. The maximum absolute atomic E-state index is 7.15. The summed E-state index contributed by atoms with van der Waals surface area (Å²) >= 11 is 0. The Hall–Kier alpha value is -13.0. The highest BCUT2D eigenvalue weighted by molar-refractivity contribution is 7.01. The molecule has 18 aromatic rings. The normalized spacial score (nSPS) is 14.1. The van der Waals surface area contributed by atoms with Crippen LogP contribution in [0.5, 0.6) is 0 Å². The van der Waals surface area contributed by atoms with Gasteiger partial charge in [-0.3, -0.25) is 0 Å². The van der Waals surface area contributed by atoms with E-state index in [4.69, 9.17) is 8.83 Å². The van der Waals surface area contributed by atoms with Crippen molar-refractivity contribution in [3.05, 3.63) is 347 Å². The van der Waals surface area contributed by atoms with E-state index in [2.05, 4.69) is 476 Å². The predicted octanol–water partition coefficient (Wildman–Crippen LogP) is 30.9. The molecule has 132 heavy (non-hydrogen) atoms. The molecule has 4 aliphatic rings. The van der Waals surface area contributed by atoms with Gasteiger partial charge in [0.05, 0.1) is 11.4 Å². The van der Waals surface area contributed by atoms with E-state index in [-0.39, 0.29) is 56.7 Å². The van der Waals surface area contributed by atoms with Crippen molar-refractivity contribution in [1.29, 1.82) is 0 Å². The number of furan rings is 2. The van der Waals surface area contributed by atoms with Gasteiger partial charge in [-0.1, -0.05) is 353 Å². The Kier molecular flexibility index (Phi) is 18.9. The molecule has 2 aromatic heterocycles. The van der Waals surface area contributed by atoms with Crippen molar-refractivity contribution >= 4 is 180 Å². The van der Waals surface area contributed by atoms with Crippen molar-refractivity contribution in [1.82, 2.24) is 0 Å². The average molecular weight is 1720 g/mol. The van der Waals surface area contributed by atoms with Gasteiger partial charge in [0.25, 0.3) is 13.4 Å². The Bertz CT molecular complexity index is 7840. The van der Waals surface area contributed by atoms with E-state index in [0.29, 0.717) is 0 Å². The molecule has 0 unspecified atom stereocenters. The zero-order valence-electron chi connectivity index (χ0n) is 81.3.